The highest BCUT2D eigenvalue weighted by Crippen LogP contribution is 2.74. The van der Waals surface area contributed by atoms with Gasteiger partial charge in [0.15, 0.2) is 5.76 Å². The lowest BCUT2D eigenvalue weighted by Gasteiger charge is -2.64. The summed E-state index contributed by atoms with van der Waals surface area (Å²) in [5.41, 5.74) is -6.25. The molecule has 0 radical (unpaired) electrons. The fourth-order valence-corrected chi connectivity index (χ4v) is 10.1. The van der Waals surface area contributed by atoms with Crippen molar-refractivity contribution < 1.29 is 59.9 Å². The predicted octanol–water partition coefficient (Wildman–Crippen LogP) is 0.670. The van der Waals surface area contributed by atoms with Crippen molar-refractivity contribution in [1.82, 2.24) is 0 Å². The Morgan fingerprint density at radius 2 is 1.62 bits per heavy atom. The van der Waals surface area contributed by atoms with Crippen LogP contribution in [0.3, 0.4) is 0 Å². The molecule has 4 aliphatic carbocycles. The molecule has 0 aromatic heterocycles. The molecule has 48 heavy (non-hydrogen) atoms. The Hall–Kier alpha value is -2.00. The molecule has 0 spiro atoms. The SMILES string of the molecule is CC(C)(O)/C=C/[C@H](O)[C@](C)(O)[C@H]1[C@H](O)C[C@@]2(C)[C@@H]3CC=C4[C@@H](C=C(O[C@@H]5O[C@H](CO)[C@@H](O)[C@@H](O)[C@H]5O)C(=O)C4(C)C)[C@]3(C)C(=O)C[C@]12C. The van der Waals surface area contributed by atoms with Crippen LogP contribution >= 0.6 is 0 Å². The first-order chi connectivity index (χ1) is 21.9. The van der Waals surface area contributed by atoms with E-state index in [0.29, 0.717) is 6.42 Å². The third-order valence-corrected chi connectivity index (χ3v) is 13.0. The van der Waals surface area contributed by atoms with Gasteiger partial charge in [0.1, 0.15) is 36.3 Å². The van der Waals surface area contributed by atoms with E-state index in [1.165, 1.54) is 32.9 Å². The van der Waals surface area contributed by atoms with Crippen molar-refractivity contribution in [3.63, 3.8) is 0 Å². The Balaban J connectivity index is 1.55. The van der Waals surface area contributed by atoms with Crippen molar-refractivity contribution in [3.8, 4) is 0 Å². The average Bonchev–Trinajstić information content (AvgIpc) is 3.19. The molecule has 1 aliphatic heterocycles. The van der Waals surface area contributed by atoms with Gasteiger partial charge in [-0.25, -0.2) is 0 Å². The lowest BCUT2D eigenvalue weighted by molar-refractivity contribution is -0.291. The van der Waals surface area contributed by atoms with Crippen LogP contribution in [0, 0.1) is 39.4 Å². The average molecular weight is 679 g/mol. The second-order valence-electron chi connectivity index (χ2n) is 16.9. The minimum atomic E-state index is -1.86. The molecule has 8 N–H and O–H groups in total. The van der Waals surface area contributed by atoms with Crippen LogP contribution in [0.2, 0.25) is 0 Å². The van der Waals surface area contributed by atoms with E-state index in [-0.39, 0.29) is 30.3 Å². The number of fused-ring (bicyclic) bond motifs is 5. The predicted molar refractivity (Wildman–Crippen MR) is 172 cm³/mol. The maximum Gasteiger partial charge on any atom is 0.229 e. The molecule has 2 saturated carbocycles. The molecule has 1 saturated heterocycles. The molecule has 270 valence electrons. The third-order valence-electron chi connectivity index (χ3n) is 13.0. The van der Waals surface area contributed by atoms with Crippen molar-refractivity contribution in [3.05, 3.63) is 35.6 Å². The second-order valence-corrected chi connectivity index (χ2v) is 16.9. The monoisotopic (exact) mass is 678 g/mol. The quantitative estimate of drug-likeness (QED) is 0.175. The Morgan fingerprint density at radius 3 is 2.21 bits per heavy atom. The van der Waals surface area contributed by atoms with Crippen LogP contribution in [0.5, 0.6) is 0 Å². The summed E-state index contributed by atoms with van der Waals surface area (Å²) in [5, 5.41) is 85.7. The van der Waals surface area contributed by atoms with Crippen molar-refractivity contribution in [1.29, 1.82) is 0 Å². The molecule has 0 unspecified atom stereocenters. The fraction of sp³-hybridized carbons (Fsp3) is 0.778. The second kappa shape index (κ2) is 11.8. The Labute approximate surface area is 281 Å². The summed E-state index contributed by atoms with van der Waals surface area (Å²) < 4.78 is 11.5. The van der Waals surface area contributed by atoms with E-state index in [0.717, 1.165) is 5.57 Å². The number of ketones is 2. The van der Waals surface area contributed by atoms with E-state index in [4.69, 9.17) is 9.47 Å². The minimum Gasteiger partial charge on any atom is -0.459 e. The van der Waals surface area contributed by atoms with Crippen LogP contribution in [-0.4, -0.2) is 113 Å². The number of carbonyl (C=O) groups is 2. The van der Waals surface area contributed by atoms with Gasteiger partial charge in [-0.05, 0) is 70.3 Å². The molecule has 3 fully saturated rings. The Kier molecular flexibility index (Phi) is 9.14. The number of carbonyl (C=O) groups excluding carboxylic acids is 2. The summed E-state index contributed by atoms with van der Waals surface area (Å²) in [6.45, 7) is 13.1. The number of rotatable bonds is 7. The van der Waals surface area contributed by atoms with Crippen molar-refractivity contribution in [2.75, 3.05) is 6.61 Å². The van der Waals surface area contributed by atoms with Crippen LogP contribution in [0.25, 0.3) is 0 Å². The molecule has 1 heterocycles. The normalized spacial score (nSPS) is 46.2. The molecule has 12 heteroatoms. The number of Topliss-reactive ketones (excluding diaryl/α,β-unsaturated/α-hetero) is 2. The van der Waals surface area contributed by atoms with Gasteiger partial charge in [0.25, 0.3) is 0 Å². The van der Waals surface area contributed by atoms with Gasteiger partial charge < -0.3 is 50.3 Å². The first-order valence-corrected chi connectivity index (χ1v) is 16.9. The summed E-state index contributed by atoms with van der Waals surface area (Å²) in [7, 11) is 0. The van der Waals surface area contributed by atoms with Gasteiger partial charge in [0.2, 0.25) is 12.1 Å². The molecule has 5 aliphatic rings. The van der Waals surface area contributed by atoms with E-state index < -0.39 is 100 Å². The molecule has 0 bridgehead atoms. The molecular formula is C36H54O12. The molecule has 0 aromatic carbocycles. The highest BCUT2D eigenvalue weighted by Gasteiger charge is 2.74. The molecule has 0 aromatic rings. The number of aliphatic hydroxyl groups is 8. The number of aliphatic hydroxyl groups excluding tert-OH is 6. The topological polar surface area (TPSA) is 214 Å². The van der Waals surface area contributed by atoms with E-state index in [2.05, 4.69) is 0 Å². The van der Waals surface area contributed by atoms with E-state index in [9.17, 15) is 50.4 Å². The van der Waals surface area contributed by atoms with Gasteiger partial charge in [0, 0.05) is 23.7 Å². The van der Waals surface area contributed by atoms with Gasteiger partial charge in [-0.2, -0.15) is 0 Å². The van der Waals surface area contributed by atoms with E-state index >= 15 is 0 Å². The smallest absolute Gasteiger partial charge is 0.229 e. The van der Waals surface area contributed by atoms with E-state index in [1.807, 2.05) is 26.8 Å². The number of hydrogen-bond acceptors (Lipinski definition) is 12. The van der Waals surface area contributed by atoms with Gasteiger partial charge in [-0.15, -0.1) is 0 Å². The first-order valence-electron chi connectivity index (χ1n) is 16.9. The maximum atomic E-state index is 14.7. The largest absolute Gasteiger partial charge is 0.459 e. The zero-order chi connectivity index (χ0) is 36.2. The molecule has 12 nitrogen and oxygen atoms in total. The van der Waals surface area contributed by atoms with Crippen LogP contribution in [0.15, 0.2) is 35.6 Å². The first kappa shape index (κ1) is 37.3. The molecular weight excluding hydrogens is 624 g/mol. The summed E-state index contributed by atoms with van der Waals surface area (Å²) in [6, 6.07) is 0. The zero-order valence-corrected chi connectivity index (χ0v) is 29.1. The van der Waals surface area contributed by atoms with E-state index in [1.54, 1.807) is 19.9 Å². The van der Waals surface area contributed by atoms with Crippen molar-refractivity contribution in [2.45, 2.75) is 129 Å². The van der Waals surface area contributed by atoms with Gasteiger partial charge in [0.05, 0.1) is 29.3 Å². The van der Waals surface area contributed by atoms with Crippen LogP contribution in [0.4, 0.5) is 0 Å². The van der Waals surface area contributed by atoms with Crippen LogP contribution in [-0.2, 0) is 19.1 Å². The maximum absolute atomic E-state index is 14.7. The lowest BCUT2D eigenvalue weighted by atomic mass is 9.39. The van der Waals surface area contributed by atoms with Crippen LogP contribution in [0.1, 0.15) is 74.7 Å². The Bertz CT molecular complexity index is 1410. The fourth-order valence-electron chi connectivity index (χ4n) is 10.1. The highest BCUT2D eigenvalue weighted by atomic mass is 16.7. The third kappa shape index (κ3) is 5.29. The summed E-state index contributed by atoms with van der Waals surface area (Å²) in [6.07, 6.45) is -3.48. The standard InChI is InChI=1S/C36H54O12/c1-31(2,45)12-11-23(39)36(8,46)28-19(38)14-33(5)22-10-9-17-18(35(22,7)24(40)15-34(28,33)6)13-20(29(44)32(17,3)4)47-30-27(43)26(42)25(41)21(16-37)48-30/h9,11-13,18-19,21-23,25-28,30,37-39,41-43,45-46H,10,14-16H2,1-8H3/b12-11+/t18-,19-,21-,22+,23+,25-,26-,27-,28+,30-,33+,34-,35+,36+/m1/s1. The van der Waals surface area contributed by atoms with Gasteiger partial charge in [-0.1, -0.05) is 44.6 Å². The molecule has 5 rings (SSSR count). The summed E-state index contributed by atoms with van der Waals surface area (Å²) >= 11 is 0. The van der Waals surface area contributed by atoms with Crippen LogP contribution < -0.4 is 0 Å². The number of hydrogen-bond donors (Lipinski definition) is 8. The Morgan fingerprint density at radius 1 is 1.00 bits per heavy atom. The number of allylic oxidation sites excluding steroid dienone is 4. The van der Waals surface area contributed by atoms with Gasteiger partial charge >= 0.3 is 0 Å². The van der Waals surface area contributed by atoms with Gasteiger partial charge in [-0.3, -0.25) is 9.59 Å². The van der Waals surface area contributed by atoms with Crippen molar-refractivity contribution in [2.24, 2.45) is 39.4 Å². The summed E-state index contributed by atoms with van der Waals surface area (Å²) in [5.74, 6) is -2.63. The molecule has 0 amide bonds. The lowest BCUT2D eigenvalue weighted by Crippen LogP contribution is -2.64. The minimum absolute atomic E-state index is 0.0226. The summed E-state index contributed by atoms with van der Waals surface area (Å²) in [4.78, 5) is 28.6. The van der Waals surface area contributed by atoms with Crippen molar-refractivity contribution >= 4 is 11.6 Å². The molecule has 14 atom stereocenters. The number of ether oxygens (including phenoxy) is 2. The zero-order valence-electron chi connectivity index (χ0n) is 29.1. The highest BCUT2D eigenvalue weighted by molar-refractivity contribution is 6.02.